The van der Waals surface area contributed by atoms with E-state index in [1.807, 2.05) is 0 Å². The van der Waals surface area contributed by atoms with E-state index in [9.17, 15) is 24.3 Å². The number of hydrogen-bond donors (Lipinski definition) is 3. The van der Waals surface area contributed by atoms with Crippen LogP contribution in [0.2, 0.25) is 0 Å². The van der Waals surface area contributed by atoms with E-state index < -0.39 is 42.3 Å². The highest BCUT2D eigenvalue weighted by atomic mass is 16.4. The molecular weight excluding hydrogens is 304 g/mol. The van der Waals surface area contributed by atoms with E-state index in [-0.39, 0.29) is 6.42 Å². The van der Waals surface area contributed by atoms with E-state index >= 15 is 0 Å². The topological polar surface area (TPSA) is 138 Å². The summed E-state index contributed by atoms with van der Waals surface area (Å²) < 4.78 is 0. The number of hydrogen-bond acceptors (Lipinski definition) is 5. The van der Waals surface area contributed by atoms with Gasteiger partial charge in [-0.25, -0.2) is 4.79 Å². The minimum Gasteiger partial charge on any atom is -0.480 e. The van der Waals surface area contributed by atoms with Gasteiger partial charge in [0.05, 0.1) is 6.42 Å². The molecule has 1 aromatic rings. The van der Waals surface area contributed by atoms with Crippen molar-refractivity contribution in [1.29, 1.82) is 0 Å². The van der Waals surface area contributed by atoms with Gasteiger partial charge in [0.15, 0.2) is 0 Å². The van der Waals surface area contributed by atoms with Crippen molar-refractivity contribution in [2.45, 2.75) is 31.8 Å². The summed E-state index contributed by atoms with van der Waals surface area (Å²) in [5.41, 5.74) is 5.90. The molecule has 0 saturated carbocycles. The van der Waals surface area contributed by atoms with Crippen LogP contribution in [-0.2, 0) is 25.6 Å². The lowest BCUT2D eigenvalue weighted by molar-refractivity contribution is -0.158. The van der Waals surface area contributed by atoms with Crippen LogP contribution < -0.4 is 5.73 Å². The Labute approximate surface area is 132 Å². The Morgan fingerprint density at radius 1 is 1.09 bits per heavy atom. The molecule has 0 bridgehead atoms. The van der Waals surface area contributed by atoms with E-state index in [0.717, 1.165) is 6.92 Å². The van der Waals surface area contributed by atoms with Crippen LogP contribution in [0.25, 0.3) is 0 Å². The quantitative estimate of drug-likeness (QED) is 0.635. The summed E-state index contributed by atoms with van der Waals surface area (Å²) in [6, 6.07) is 5.56. The third-order valence-electron chi connectivity index (χ3n) is 3.19. The van der Waals surface area contributed by atoms with Crippen LogP contribution >= 0.6 is 0 Å². The summed E-state index contributed by atoms with van der Waals surface area (Å²) in [4.78, 5) is 46.6. The van der Waals surface area contributed by atoms with Crippen molar-refractivity contribution < 1.29 is 29.4 Å². The van der Waals surface area contributed by atoms with Gasteiger partial charge in [0.1, 0.15) is 12.1 Å². The molecule has 2 atom stereocenters. The van der Waals surface area contributed by atoms with Crippen molar-refractivity contribution in [2.75, 3.05) is 0 Å². The minimum absolute atomic E-state index is 0.0796. The minimum atomic E-state index is -1.50. The molecule has 0 saturated heterocycles. The number of carbonyl (C=O) groups is 4. The molecule has 0 radical (unpaired) electrons. The molecule has 0 spiro atoms. The SMILES string of the molecule is CC(=O)N(C(=O)C[C@H](N)C(=O)O)[C@@H](Cc1ccccc1)C(=O)O. The number of carbonyl (C=O) groups excluding carboxylic acids is 2. The molecule has 4 N–H and O–H groups in total. The van der Waals surface area contributed by atoms with Gasteiger partial charge in [-0.15, -0.1) is 0 Å². The molecule has 0 heterocycles. The van der Waals surface area contributed by atoms with Gasteiger partial charge in [0.25, 0.3) is 0 Å². The maximum atomic E-state index is 12.1. The second kappa shape index (κ2) is 8.04. The molecule has 1 aromatic carbocycles. The standard InChI is InChI=1S/C15H18N2O6/c1-9(18)17(13(19)8-11(16)14(20)21)12(15(22)23)7-10-5-3-2-4-6-10/h2-6,11-12H,7-8,16H2,1H3,(H,20,21)(H,22,23)/t11-,12-/m0/s1. The molecule has 0 aliphatic heterocycles. The van der Waals surface area contributed by atoms with Gasteiger partial charge < -0.3 is 15.9 Å². The fourth-order valence-corrected chi connectivity index (χ4v) is 2.07. The van der Waals surface area contributed by atoms with Crippen LogP contribution in [-0.4, -0.2) is 50.9 Å². The fraction of sp³-hybridized carbons (Fsp3) is 0.333. The molecule has 0 aliphatic rings. The zero-order valence-electron chi connectivity index (χ0n) is 12.5. The fourth-order valence-electron chi connectivity index (χ4n) is 2.07. The lowest BCUT2D eigenvalue weighted by atomic mass is 10.0. The first-order valence-corrected chi connectivity index (χ1v) is 6.81. The summed E-state index contributed by atoms with van der Waals surface area (Å²) in [5.74, 6) is -4.48. The third-order valence-corrected chi connectivity index (χ3v) is 3.19. The second-order valence-corrected chi connectivity index (χ2v) is 4.98. The lowest BCUT2D eigenvalue weighted by Crippen LogP contribution is -2.50. The van der Waals surface area contributed by atoms with Crippen LogP contribution in [0.3, 0.4) is 0 Å². The first-order chi connectivity index (χ1) is 10.7. The van der Waals surface area contributed by atoms with Crippen LogP contribution in [0.15, 0.2) is 30.3 Å². The number of aliphatic carboxylic acids is 2. The van der Waals surface area contributed by atoms with E-state index in [0.29, 0.717) is 10.5 Å². The summed E-state index contributed by atoms with van der Waals surface area (Å²) >= 11 is 0. The Kier molecular flexibility index (Phi) is 6.40. The van der Waals surface area contributed by atoms with Crippen LogP contribution in [0.5, 0.6) is 0 Å². The number of nitrogens with two attached hydrogens (primary N) is 1. The zero-order chi connectivity index (χ0) is 17.6. The molecular formula is C15H18N2O6. The second-order valence-electron chi connectivity index (χ2n) is 4.98. The Balaban J connectivity index is 3.02. The van der Waals surface area contributed by atoms with E-state index in [1.54, 1.807) is 30.3 Å². The van der Waals surface area contributed by atoms with Gasteiger partial charge >= 0.3 is 11.9 Å². The highest BCUT2D eigenvalue weighted by Crippen LogP contribution is 2.12. The summed E-state index contributed by atoms with van der Waals surface area (Å²) in [7, 11) is 0. The van der Waals surface area contributed by atoms with Gasteiger partial charge in [0.2, 0.25) is 11.8 Å². The first-order valence-electron chi connectivity index (χ1n) is 6.81. The van der Waals surface area contributed by atoms with Gasteiger partial charge in [-0.05, 0) is 5.56 Å². The van der Waals surface area contributed by atoms with Gasteiger partial charge in [-0.3, -0.25) is 19.3 Å². The zero-order valence-corrected chi connectivity index (χ0v) is 12.5. The van der Waals surface area contributed by atoms with Crippen molar-refractivity contribution in [3.05, 3.63) is 35.9 Å². The van der Waals surface area contributed by atoms with E-state index in [2.05, 4.69) is 0 Å². The lowest BCUT2D eigenvalue weighted by Gasteiger charge is -2.27. The average Bonchev–Trinajstić information content (AvgIpc) is 2.46. The van der Waals surface area contributed by atoms with Crippen molar-refractivity contribution in [3.8, 4) is 0 Å². The number of benzene rings is 1. The maximum Gasteiger partial charge on any atom is 0.327 e. The van der Waals surface area contributed by atoms with E-state index in [1.165, 1.54) is 0 Å². The number of rotatable bonds is 7. The number of nitrogens with zero attached hydrogens (tertiary/aromatic N) is 1. The highest BCUT2D eigenvalue weighted by Gasteiger charge is 2.34. The average molecular weight is 322 g/mol. The molecule has 8 heteroatoms. The Morgan fingerprint density at radius 3 is 2.09 bits per heavy atom. The summed E-state index contributed by atoms with van der Waals surface area (Å²) in [5, 5.41) is 18.1. The number of carboxylic acids is 2. The van der Waals surface area contributed by atoms with E-state index in [4.69, 9.17) is 10.8 Å². The molecule has 124 valence electrons. The Morgan fingerprint density at radius 2 is 1.65 bits per heavy atom. The van der Waals surface area contributed by atoms with Crippen LogP contribution in [0.4, 0.5) is 0 Å². The summed E-state index contributed by atoms with van der Waals surface area (Å²) in [6.45, 7) is 1.05. The highest BCUT2D eigenvalue weighted by molar-refractivity contribution is 5.99. The number of carboxylic acid groups (broad SMARTS) is 2. The predicted octanol–water partition coefficient (Wildman–Crippen LogP) is -0.141. The monoisotopic (exact) mass is 322 g/mol. The molecule has 0 fully saturated rings. The smallest absolute Gasteiger partial charge is 0.327 e. The molecule has 0 aliphatic carbocycles. The van der Waals surface area contributed by atoms with Crippen molar-refractivity contribution in [3.63, 3.8) is 0 Å². The van der Waals surface area contributed by atoms with Gasteiger partial charge in [0, 0.05) is 13.3 Å². The third kappa shape index (κ3) is 5.19. The summed E-state index contributed by atoms with van der Waals surface area (Å²) in [6.07, 6.45) is -0.739. The van der Waals surface area contributed by atoms with Crippen LogP contribution in [0, 0.1) is 0 Å². The van der Waals surface area contributed by atoms with Crippen LogP contribution in [0.1, 0.15) is 18.9 Å². The molecule has 23 heavy (non-hydrogen) atoms. The normalized spacial score (nSPS) is 13.0. The molecule has 8 nitrogen and oxygen atoms in total. The van der Waals surface area contributed by atoms with Gasteiger partial charge in [-0.2, -0.15) is 0 Å². The molecule has 0 aromatic heterocycles. The van der Waals surface area contributed by atoms with Crippen molar-refractivity contribution in [1.82, 2.24) is 4.90 Å². The molecule has 2 amide bonds. The first kappa shape index (κ1) is 18.3. The Bertz CT molecular complexity index is 601. The number of amides is 2. The molecule has 1 rings (SSSR count). The molecule has 0 unspecified atom stereocenters. The Hall–Kier alpha value is -2.74. The maximum absolute atomic E-state index is 12.1. The van der Waals surface area contributed by atoms with Crippen molar-refractivity contribution in [2.24, 2.45) is 5.73 Å². The largest absolute Gasteiger partial charge is 0.480 e. The van der Waals surface area contributed by atoms with Gasteiger partial charge in [-0.1, -0.05) is 30.3 Å². The predicted molar refractivity (Wildman–Crippen MR) is 79.3 cm³/mol. The number of imide groups is 1. The van der Waals surface area contributed by atoms with Crippen molar-refractivity contribution >= 4 is 23.8 Å².